The van der Waals surface area contributed by atoms with Crippen molar-refractivity contribution in [2.45, 2.75) is 26.7 Å². The van der Waals surface area contributed by atoms with E-state index in [2.05, 4.69) is 91.5 Å². The average molecular weight is 392 g/mol. The normalized spacial score (nSPS) is 11.0. The van der Waals surface area contributed by atoms with E-state index in [0.717, 1.165) is 43.1 Å². The third kappa shape index (κ3) is 5.32. The third-order valence-electron chi connectivity index (χ3n) is 4.40. The van der Waals surface area contributed by atoms with E-state index in [0.29, 0.717) is 0 Å². The Balaban J connectivity index is 1.89. The molecule has 0 heterocycles. The maximum atomic E-state index is 6.05. The molecular weight excluding hydrogens is 362 g/mol. The van der Waals surface area contributed by atoms with Crippen LogP contribution in [-0.2, 0) is 8.85 Å². The van der Waals surface area contributed by atoms with Gasteiger partial charge >= 0.3 is 9.28 Å². The molecule has 0 spiro atoms. The zero-order chi connectivity index (χ0) is 19.6. The van der Waals surface area contributed by atoms with Crippen LogP contribution in [0.4, 0.5) is 17.1 Å². The fourth-order valence-electron chi connectivity index (χ4n) is 3.07. The Hall–Kier alpha value is -2.40. The number of benzene rings is 3. The van der Waals surface area contributed by atoms with E-state index >= 15 is 0 Å². The van der Waals surface area contributed by atoms with E-state index in [1.54, 1.807) is 0 Å². The summed E-state index contributed by atoms with van der Waals surface area (Å²) < 4.78 is 12.1. The minimum absolute atomic E-state index is 0.752. The first-order valence-electron chi connectivity index (χ1n) is 10.1. The fraction of sp³-hybridized carbons (Fsp3) is 0.250. The van der Waals surface area contributed by atoms with Gasteiger partial charge < -0.3 is 13.8 Å². The van der Waals surface area contributed by atoms with Gasteiger partial charge in [0, 0.05) is 30.3 Å². The standard InChI is InChI=1S/C24H29NO2Si/c1-3-19-26-28(27-20-4-2)24-17-15-23(16-18-24)25(21-11-7-5-8-12-21)22-13-9-6-10-14-22/h5-18,28H,3-4,19-20H2,1-2H3. The average Bonchev–Trinajstić information content (AvgIpc) is 2.76. The van der Waals surface area contributed by atoms with Gasteiger partial charge in [-0.2, -0.15) is 0 Å². The van der Waals surface area contributed by atoms with Crippen molar-refractivity contribution >= 4 is 31.5 Å². The molecule has 0 bridgehead atoms. The summed E-state index contributed by atoms with van der Waals surface area (Å²) in [6.45, 7) is 5.77. The van der Waals surface area contributed by atoms with Crippen molar-refractivity contribution in [1.82, 2.24) is 0 Å². The van der Waals surface area contributed by atoms with Crippen LogP contribution < -0.4 is 10.1 Å². The van der Waals surface area contributed by atoms with Crippen LogP contribution in [0.5, 0.6) is 0 Å². The Morgan fingerprint density at radius 2 is 1.04 bits per heavy atom. The van der Waals surface area contributed by atoms with Crippen LogP contribution in [0.2, 0.25) is 0 Å². The van der Waals surface area contributed by atoms with Gasteiger partial charge in [-0.15, -0.1) is 0 Å². The van der Waals surface area contributed by atoms with Gasteiger partial charge in [-0.3, -0.25) is 0 Å². The van der Waals surface area contributed by atoms with Crippen molar-refractivity contribution in [3.8, 4) is 0 Å². The predicted molar refractivity (Wildman–Crippen MR) is 120 cm³/mol. The topological polar surface area (TPSA) is 21.7 Å². The quantitative estimate of drug-likeness (QED) is 0.430. The summed E-state index contributed by atoms with van der Waals surface area (Å²) in [5.41, 5.74) is 3.40. The lowest BCUT2D eigenvalue weighted by Gasteiger charge is -2.26. The van der Waals surface area contributed by atoms with Gasteiger partial charge in [0.1, 0.15) is 0 Å². The highest BCUT2D eigenvalue weighted by Gasteiger charge is 2.18. The highest BCUT2D eigenvalue weighted by Crippen LogP contribution is 2.33. The van der Waals surface area contributed by atoms with Crippen LogP contribution in [0.3, 0.4) is 0 Å². The van der Waals surface area contributed by atoms with Crippen LogP contribution in [0.15, 0.2) is 84.9 Å². The van der Waals surface area contributed by atoms with Crippen molar-refractivity contribution in [3.63, 3.8) is 0 Å². The predicted octanol–water partition coefficient (Wildman–Crippen LogP) is 5.44. The minimum Gasteiger partial charge on any atom is -0.393 e. The minimum atomic E-state index is -1.85. The molecule has 0 atom stereocenters. The second-order valence-corrected chi connectivity index (χ2v) is 8.67. The molecular formula is C24H29NO2Si. The Bertz CT molecular complexity index is 762. The van der Waals surface area contributed by atoms with E-state index in [9.17, 15) is 0 Å². The Morgan fingerprint density at radius 1 is 0.607 bits per heavy atom. The van der Waals surface area contributed by atoms with Crippen molar-refractivity contribution in [3.05, 3.63) is 84.9 Å². The Kier molecular flexibility index (Phi) is 7.85. The molecule has 0 saturated carbocycles. The van der Waals surface area contributed by atoms with E-state index in [1.807, 2.05) is 12.1 Å². The van der Waals surface area contributed by atoms with E-state index < -0.39 is 9.28 Å². The van der Waals surface area contributed by atoms with Crippen molar-refractivity contribution in [1.29, 1.82) is 0 Å². The lowest BCUT2D eigenvalue weighted by molar-refractivity contribution is 0.207. The van der Waals surface area contributed by atoms with Crippen LogP contribution in [0.1, 0.15) is 26.7 Å². The van der Waals surface area contributed by atoms with Crippen molar-refractivity contribution in [2.24, 2.45) is 0 Å². The van der Waals surface area contributed by atoms with Crippen LogP contribution in [0, 0.1) is 0 Å². The monoisotopic (exact) mass is 391 g/mol. The number of anilines is 3. The van der Waals surface area contributed by atoms with Crippen LogP contribution >= 0.6 is 0 Å². The molecule has 0 aliphatic heterocycles. The number of hydrogen-bond donors (Lipinski definition) is 0. The molecule has 0 unspecified atom stereocenters. The summed E-state index contributed by atoms with van der Waals surface area (Å²) in [6, 6.07) is 29.6. The van der Waals surface area contributed by atoms with Crippen molar-refractivity contribution < 1.29 is 8.85 Å². The molecule has 4 heteroatoms. The van der Waals surface area contributed by atoms with Gasteiger partial charge in [0.2, 0.25) is 0 Å². The van der Waals surface area contributed by atoms with E-state index in [-0.39, 0.29) is 0 Å². The van der Waals surface area contributed by atoms with E-state index in [4.69, 9.17) is 8.85 Å². The molecule has 0 aromatic heterocycles. The molecule has 3 aromatic carbocycles. The van der Waals surface area contributed by atoms with Gasteiger partial charge in [-0.05, 0) is 54.4 Å². The largest absolute Gasteiger partial charge is 0.393 e. The Labute approximate surface area is 170 Å². The lowest BCUT2D eigenvalue weighted by Crippen LogP contribution is -2.37. The zero-order valence-corrected chi connectivity index (χ0v) is 17.9. The molecule has 0 amide bonds. The molecule has 146 valence electrons. The SMILES string of the molecule is CCCO[SiH](OCCC)c1ccc(N(c2ccccc2)c2ccccc2)cc1. The second kappa shape index (κ2) is 10.8. The second-order valence-electron chi connectivity index (χ2n) is 6.67. The van der Waals surface area contributed by atoms with Gasteiger partial charge in [0.05, 0.1) is 0 Å². The molecule has 0 aliphatic carbocycles. The smallest absolute Gasteiger partial charge is 0.355 e. The molecule has 3 rings (SSSR count). The third-order valence-corrected chi connectivity index (χ3v) is 6.41. The molecule has 0 aliphatic rings. The summed E-state index contributed by atoms with van der Waals surface area (Å²) >= 11 is 0. The molecule has 0 N–H and O–H groups in total. The van der Waals surface area contributed by atoms with Gasteiger partial charge in [0.15, 0.2) is 0 Å². The first kappa shape index (κ1) is 20.3. The first-order chi connectivity index (χ1) is 13.8. The molecule has 3 aromatic rings. The molecule has 0 fully saturated rings. The highest BCUT2D eigenvalue weighted by molar-refractivity contribution is 6.61. The molecule has 28 heavy (non-hydrogen) atoms. The van der Waals surface area contributed by atoms with Crippen LogP contribution in [0.25, 0.3) is 0 Å². The van der Waals surface area contributed by atoms with Crippen molar-refractivity contribution in [2.75, 3.05) is 18.1 Å². The maximum Gasteiger partial charge on any atom is 0.355 e. The zero-order valence-electron chi connectivity index (χ0n) is 16.8. The first-order valence-corrected chi connectivity index (χ1v) is 11.6. The molecule has 0 saturated heterocycles. The highest BCUT2D eigenvalue weighted by atomic mass is 28.3. The Morgan fingerprint density at radius 3 is 1.46 bits per heavy atom. The van der Waals surface area contributed by atoms with Crippen LogP contribution in [-0.4, -0.2) is 22.5 Å². The molecule has 3 nitrogen and oxygen atoms in total. The van der Waals surface area contributed by atoms with Gasteiger partial charge in [-0.25, -0.2) is 0 Å². The number of para-hydroxylation sites is 2. The molecule has 0 radical (unpaired) electrons. The summed E-state index contributed by atoms with van der Waals surface area (Å²) in [6.07, 6.45) is 2.01. The maximum absolute atomic E-state index is 6.05. The number of rotatable bonds is 10. The summed E-state index contributed by atoms with van der Waals surface area (Å²) in [5.74, 6) is 0. The summed E-state index contributed by atoms with van der Waals surface area (Å²) in [4.78, 5) is 2.26. The van der Waals surface area contributed by atoms with E-state index in [1.165, 1.54) is 5.19 Å². The number of nitrogens with zero attached hydrogens (tertiary/aromatic N) is 1. The summed E-state index contributed by atoms with van der Waals surface area (Å²) in [7, 11) is -1.85. The summed E-state index contributed by atoms with van der Waals surface area (Å²) in [5, 5.41) is 1.19. The fourth-order valence-corrected chi connectivity index (χ4v) is 4.96. The number of hydrogen-bond acceptors (Lipinski definition) is 3. The van der Waals surface area contributed by atoms with Gasteiger partial charge in [0.25, 0.3) is 0 Å². The lowest BCUT2D eigenvalue weighted by atomic mass is 10.2. The van der Waals surface area contributed by atoms with Gasteiger partial charge in [-0.1, -0.05) is 62.4 Å².